The molecule has 12 heavy (non-hydrogen) atoms. The molecule has 72 valence electrons. The average Bonchev–Trinajstić information content (AvgIpc) is 2.73. The van der Waals surface area contributed by atoms with Crippen LogP contribution < -0.4 is 5.32 Å². The topological polar surface area (TPSA) is 21.3 Å². The van der Waals surface area contributed by atoms with E-state index in [1.165, 1.54) is 12.8 Å². The average molecular weight is 196 g/mol. The first-order valence-corrected chi connectivity index (χ1v) is 4.32. The molecule has 1 saturated heterocycles. The minimum absolute atomic E-state index is 0. The number of alkyl halides is 1. The quantitative estimate of drug-likeness (QED) is 0.730. The van der Waals surface area contributed by atoms with Crippen molar-refractivity contribution in [3.8, 4) is 0 Å². The molecule has 0 aromatic heterocycles. The standard InChI is InChI=1S/C8H14FNO.ClH/c9-7-3-10-4-8(7)11-5-6-1-2-6;/h6-8,10H,1-5H2;1H. The number of nitrogens with one attached hydrogen (secondary N) is 1. The Hall–Kier alpha value is 0.140. The fraction of sp³-hybridized carbons (Fsp3) is 1.00. The molecule has 1 aliphatic heterocycles. The summed E-state index contributed by atoms with van der Waals surface area (Å²) in [4.78, 5) is 0. The number of rotatable bonds is 3. The van der Waals surface area contributed by atoms with Gasteiger partial charge in [0.1, 0.15) is 12.3 Å². The summed E-state index contributed by atoms with van der Waals surface area (Å²) in [5, 5.41) is 2.97. The monoisotopic (exact) mass is 195 g/mol. The van der Waals surface area contributed by atoms with E-state index in [4.69, 9.17) is 4.74 Å². The van der Waals surface area contributed by atoms with E-state index in [2.05, 4.69) is 5.32 Å². The van der Waals surface area contributed by atoms with Crippen molar-refractivity contribution in [2.75, 3.05) is 19.7 Å². The van der Waals surface area contributed by atoms with Gasteiger partial charge in [-0.25, -0.2) is 4.39 Å². The fourth-order valence-electron chi connectivity index (χ4n) is 1.33. The van der Waals surface area contributed by atoms with Crippen molar-refractivity contribution in [3.63, 3.8) is 0 Å². The van der Waals surface area contributed by atoms with E-state index in [0.29, 0.717) is 13.1 Å². The highest BCUT2D eigenvalue weighted by Crippen LogP contribution is 2.29. The minimum Gasteiger partial charge on any atom is -0.374 e. The van der Waals surface area contributed by atoms with Gasteiger partial charge < -0.3 is 10.1 Å². The summed E-state index contributed by atoms with van der Waals surface area (Å²) in [6.45, 7) is 1.93. The zero-order valence-corrected chi connectivity index (χ0v) is 7.78. The van der Waals surface area contributed by atoms with Gasteiger partial charge in [-0.15, -0.1) is 12.4 Å². The van der Waals surface area contributed by atoms with Gasteiger partial charge in [0.15, 0.2) is 0 Å². The van der Waals surface area contributed by atoms with Crippen molar-refractivity contribution in [2.24, 2.45) is 5.92 Å². The Morgan fingerprint density at radius 3 is 2.58 bits per heavy atom. The lowest BCUT2D eigenvalue weighted by atomic mass is 10.3. The highest BCUT2D eigenvalue weighted by Gasteiger charge is 2.30. The van der Waals surface area contributed by atoms with Crippen LogP contribution in [0.1, 0.15) is 12.8 Å². The van der Waals surface area contributed by atoms with Crippen LogP contribution in [-0.2, 0) is 4.74 Å². The maximum absolute atomic E-state index is 12.9. The lowest BCUT2D eigenvalue weighted by molar-refractivity contribution is 0.0191. The number of ether oxygens (including phenoxy) is 1. The van der Waals surface area contributed by atoms with Gasteiger partial charge in [-0.05, 0) is 18.8 Å². The highest BCUT2D eigenvalue weighted by atomic mass is 35.5. The minimum atomic E-state index is -0.784. The van der Waals surface area contributed by atoms with Gasteiger partial charge in [0.05, 0.1) is 0 Å². The fourth-order valence-corrected chi connectivity index (χ4v) is 1.33. The maximum Gasteiger partial charge on any atom is 0.140 e. The summed E-state index contributed by atoms with van der Waals surface area (Å²) in [5.74, 6) is 0.739. The smallest absolute Gasteiger partial charge is 0.140 e. The third kappa shape index (κ3) is 2.57. The van der Waals surface area contributed by atoms with Gasteiger partial charge >= 0.3 is 0 Å². The number of hydrogen-bond acceptors (Lipinski definition) is 2. The van der Waals surface area contributed by atoms with E-state index in [1.807, 2.05) is 0 Å². The normalized spacial score (nSPS) is 34.8. The van der Waals surface area contributed by atoms with Crippen LogP contribution in [0.15, 0.2) is 0 Å². The van der Waals surface area contributed by atoms with Gasteiger partial charge in [-0.2, -0.15) is 0 Å². The molecule has 2 aliphatic rings. The zero-order chi connectivity index (χ0) is 7.68. The second-order valence-corrected chi connectivity index (χ2v) is 3.49. The molecular weight excluding hydrogens is 181 g/mol. The molecular formula is C8H15ClFNO. The Balaban J connectivity index is 0.000000720. The van der Waals surface area contributed by atoms with E-state index in [9.17, 15) is 4.39 Å². The molecule has 1 N–H and O–H groups in total. The van der Waals surface area contributed by atoms with E-state index in [1.54, 1.807) is 0 Å². The van der Waals surface area contributed by atoms with Gasteiger partial charge in [0.2, 0.25) is 0 Å². The summed E-state index contributed by atoms with van der Waals surface area (Å²) in [5.41, 5.74) is 0. The first kappa shape index (κ1) is 10.2. The van der Waals surface area contributed by atoms with Gasteiger partial charge in [0, 0.05) is 19.7 Å². The van der Waals surface area contributed by atoms with Gasteiger partial charge in [-0.1, -0.05) is 0 Å². The summed E-state index contributed by atoms with van der Waals surface area (Å²) >= 11 is 0. The molecule has 2 atom stereocenters. The third-order valence-corrected chi connectivity index (χ3v) is 2.33. The molecule has 0 radical (unpaired) electrons. The Kier molecular flexibility index (Phi) is 3.75. The van der Waals surface area contributed by atoms with Crippen molar-refractivity contribution in [1.82, 2.24) is 5.32 Å². The second kappa shape index (κ2) is 4.40. The Bertz CT molecular complexity index is 143. The molecule has 0 amide bonds. The molecule has 1 saturated carbocycles. The van der Waals surface area contributed by atoms with Crippen LogP contribution in [0.2, 0.25) is 0 Å². The van der Waals surface area contributed by atoms with Crippen LogP contribution in [0.4, 0.5) is 4.39 Å². The molecule has 2 unspecified atom stereocenters. The van der Waals surface area contributed by atoms with Crippen LogP contribution in [0, 0.1) is 5.92 Å². The Labute approximate surface area is 78.3 Å². The molecule has 0 spiro atoms. The van der Waals surface area contributed by atoms with E-state index < -0.39 is 6.17 Å². The number of halogens is 2. The lowest BCUT2D eigenvalue weighted by Crippen LogP contribution is -2.24. The Morgan fingerprint density at radius 2 is 2.08 bits per heavy atom. The molecule has 2 nitrogen and oxygen atoms in total. The summed E-state index contributed by atoms with van der Waals surface area (Å²) in [6, 6.07) is 0. The summed E-state index contributed by atoms with van der Waals surface area (Å²) < 4.78 is 18.3. The Morgan fingerprint density at radius 1 is 1.33 bits per heavy atom. The molecule has 2 rings (SSSR count). The predicted molar refractivity (Wildman–Crippen MR) is 47.5 cm³/mol. The van der Waals surface area contributed by atoms with Crippen LogP contribution in [0.3, 0.4) is 0 Å². The second-order valence-electron chi connectivity index (χ2n) is 3.49. The van der Waals surface area contributed by atoms with Crippen LogP contribution in [-0.4, -0.2) is 32.0 Å². The number of hydrogen-bond donors (Lipinski definition) is 1. The van der Waals surface area contributed by atoms with Crippen molar-refractivity contribution in [1.29, 1.82) is 0 Å². The van der Waals surface area contributed by atoms with Crippen molar-refractivity contribution in [2.45, 2.75) is 25.1 Å². The first-order chi connectivity index (χ1) is 5.36. The zero-order valence-electron chi connectivity index (χ0n) is 6.96. The van der Waals surface area contributed by atoms with E-state index >= 15 is 0 Å². The predicted octanol–water partition coefficient (Wildman–Crippen LogP) is 1.14. The van der Waals surface area contributed by atoms with Gasteiger partial charge in [0.25, 0.3) is 0 Å². The molecule has 0 bridgehead atoms. The molecule has 2 fully saturated rings. The van der Waals surface area contributed by atoms with Crippen LogP contribution in [0.5, 0.6) is 0 Å². The molecule has 1 aliphatic carbocycles. The SMILES string of the molecule is Cl.FC1CNCC1OCC1CC1. The summed E-state index contributed by atoms with van der Waals surface area (Å²) in [6.07, 6.45) is 1.60. The third-order valence-electron chi connectivity index (χ3n) is 2.33. The highest BCUT2D eigenvalue weighted by molar-refractivity contribution is 5.85. The van der Waals surface area contributed by atoms with Crippen molar-refractivity contribution in [3.05, 3.63) is 0 Å². The van der Waals surface area contributed by atoms with Gasteiger partial charge in [-0.3, -0.25) is 0 Å². The van der Waals surface area contributed by atoms with Crippen LogP contribution in [0.25, 0.3) is 0 Å². The molecule has 4 heteroatoms. The van der Waals surface area contributed by atoms with Crippen molar-refractivity contribution < 1.29 is 9.13 Å². The first-order valence-electron chi connectivity index (χ1n) is 4.32. The molecule has 0 aromatic rings. The lowest BCUT2D eigenvalue weighted by Gasteiger charge is -2.11. The van der Waals surface area contributed by atoms with Crippen molar-refractivity contribution >= 4 is 12.4 Å². The summed E-state index contributed by atoms with van der Waals surface area (Å²) in [7, 11) is 0. The van der Waals surface area contributed by atoms with E-state index in [0.717, 1.165) is 12.5 Å². The van der Waals surface area contributed by atoms with E-state index in [-0.39, 0.29) is 18.5 Å². The largest absolute Gasteiger partial charge is 0.374 e. The van der Waals surface area contributed by atoms with Crippen LogP contribution >= 0.6 is 12.4 Å². The molecule has 1 heterocycles. The molecule has 0 aromatic carbocycles. The maximum atomic E-state index is 12.9.